The predicted octanol–water partition coefficient (Wildman–Crippen LogP) is 3.37. The first-order chi connectivity index (χ1) is 11.9. The molecular weight excluding hydrogens is 331 g/mol. The lowest BCUT2D eigenvalue weighted by atomic mass is 10.0. The van der Waals surface area contributed by atoms with Crippen LogP contribution < -0.4 is 4.90 Å². The number of rotatable bonds is 2. The fourth-order valence-electron chi connectivity index (χ4n) is 3.87. The van der Waals surface area contributed by atoms with Crippen molar-refractivity contribution in [3.05, 3.63) is 46.8 Å². The van der Waals surface area contributed by atoms with Gasteiger partial charge in [-0.3, -0.25) is 9.48 Å². The molecule has 4 rings (SSSR count). The van der Waals surface area contributed by atoms with E-state index in [0.29, 0.717) is 31.5 Å². The summed E-state index contributed by atoms with van der Waals surface area (Å²) in [5.74, 6) is -0.210. The van der Waals surface area contributed by atoms with Crippen LogP contribution in [0.25, 0.3) is 0 Å². The summed E-state index contributed by atoms with van der Waals surface area (Å²) in [7, 11) is 0. The van der Waals surface area contributed by atoms with Crippen LogP contribution in [0.4, 0.5) is 18.9 Å². The fraction of sp³-hybridized carbons (Fsp3) is 0.444. The van der Waals surface area contributed by atoms with Gasteiger partial charge in [0.1, 0.15) is 6.54 Å². The number of fused-ring (bicyclic) bond motifs is 2. The molecule has 0 unspecified atom stereocenters. The van der Waals surface area contributed by atoms with Gasteiger partial charge >= 0.3 is 6.18 Å². The number of carbonyl (C=O) groups excluding carboxylic acids is 1. The van der Waals surface area contributed by atoms with Crippen molar-refractivity contribution in [2.45, 2.75) is 44.8 Å². The third-order valence-electron chi connectivity index (χ3n) is 4.97. The first-order valence-corrected chi connectivity index (χ1v) is 8.49. The van der Waals surface area contributed by atoms with Crippen molar-refractivity contribution in [3.63, 3.8) is 0 Å². The summed E-state index contributed by atoms with van der Waals surface area (Å²) in [4.78, 5) is 14.4. The topological polar surface area (TPSA) is 38.1 Å². The van der Waals surface area contributed by atoms with Gasteiger partial charge in [-0.05, 0) is 43.7 Å². The molecule has 0 saturated heterocycles. The monoisotopic (exact) mass is 349 g/mol. The van der Waals surface area contributed by atoms with Gasteiger partial charge in [-0.25, -0.2) is 0 Å². The Morgan fingerprint density at radius 1 is 1.12 bits per heavy atom. The van der Waals surface area contributed by atoms with Gasteiger partial charge < -0.3 is 4.90 Å². The van der Waals surface area contributed by atoms with Crippen LogP contribution in [0.5, 0.6) is 0 Å². The van der Waals surface area contributed by atoms with Gasteiger partial charge in [-0.2, -0.15) is 18.3 Å². The second-order valence-electron chi connectivity index (χ2n) is 6.56. The molecule has 0 fully saturated rings. The minimum absolute atomic E-state index is 0.146. The van der Waals surface area contributed by atoms with E-state index in [1.807, 2.05) is 24.3 Å². The van der Waals surface area contributed by atoms with Crippen LogP contribution in [0.2, 0.25) is 0 Å². The van der Waals surface area contributed by atoms with Crippen LogP contribution in [0, 0.1) is 0 Å². The molecule has 1 aliphatic heterocycles. The third-order valence-corrected chi connectivity index (χ3v) is 4.97. The molecule has 1 amide bonds. The van der Waals surface area contributed by atoms with Crippen LogP contribution in [-0.2, 0) is 36.8 Å². The van der Waals surface area contributed by atoms with E-state index in [2.05, 4.69) is 5.10 Å². The SMILES string of the molecule is O=C(Cn1nc(C(F)(F)F)c2c1CCC2)N1CCCc2ccccc21. The summed E-state index contributed by atoms with van der Waals surface area (Å²) < 4.78 is 40.8. The highest BCUT2D eigenvalue weighted by molar-refractivity contribution is 5.94. The zero-order valence-corrected chi connectivity index (χ0v) is 13.6. The Morgan fingerprint density at radius 3 is 2.72 bits per heavy atom. The number of amides is 1. The van der Waals surface area contributed by atoms with Crippen molar-refractivity contribution in [3.8, 4) is 0 Å². The number of benzene rings is 1. The summed E-state index contributed by atoms with van der Waals surface area (Å²) >= 11 is 0. The van der Waals surface area contributed by atoms with E-state index in [9.17, 15) is 18.0 Å². The largest absolute Gasteiger partial charge is 0.435 e. The summed E-state index contributed by atoms with van der Waals surface area (Å²) in [5.41, 5.74) is 1.96. The van der Waals surface area contributed by atoms with Gasteiger partial charge in [0, 0.05) is 23.5 Å². The maximum Gasteiger partial charge on any atom is 0.435 e. The number of para-hydroxylation sites is 1. The van der Waals surface area contributed by atoms with E-state index in [1.165, 1.54) is 4.68 Å². The molecule has 4 nitrogen and oxygen atoms in total. The van der Waals surface area contributed by atoms with Crippen molar-refractivity contribution in [1.82, 2.24) is 9.78 Å². The second-order valence-corrected chi connectivity index (χ2v) is 6.56. The maximum atomic E-state index is 13.2. The van der Waals surface area contributed by atoms with Crippen LogP contribution in [-0.4, -0.2) is 22.2 Å². The van der Waals surface area contributed by atoms with Gasteiger partial charge in [0.25, 0.3) is 0 Å². The van der Waals surface area contributed by atoms with E-state index in [1.54, 1.807) is 4.90 Å². The highest BCUT2D eigenvalue weighted by Crippen LogP contribution is 2.36. The molecule has 0 saturated carbocycles. The summed E-state index contributed by atoms with van der Waals surface area (Å²) in [6.45, 7) is 0.443. The van der Waals surface area contributed by atoms with E-state index in [4.69, 9.17) is 0 Å². The summed E-state index contributed by atoms with van der Waals surface area (Å²) in [5, 5.41) is 3.74. The second kappa shape index (κ2) is 5.89. The van der Waals surface area contributed by atoms with Crippen molar-refractivity contribution >= 4 is 11.6 Å². The Kier molecular flexibility index (Phi) is 3.81. The minimum Gasteiger partial charge on any atom is -0.311 e. The highest BCUT2D eigenvalue weighted by Gasteiger charge is 2.40. The Bertz CT molecular complexity index is 825. The molecule has 1 aromatic carbocycles. The Labute approximate surface area is 143 Å². The molecule has 0 bridgehead atoms. The molecule has 2 heterocycles. The quantitative estimate of drug-likeness (QED) is 0.834. The molecule has 1 aliphatic carbocycles. The number of carbonyl (C=O) groups is 1. The number of anilines is 1. The van der Waals surface area contributed by atoms with Gasteiger partial charge in [0.2, 0.25) is 5.91 Å². The van der Waals surface area contributed by atoms with Crippen molar-refractivity contribution in [1.29, 1.82) is 0 Å². The summed E-state index contributed by atoms with van der Waals surface area (Å²) in [6.07, 6.45) is -1.10. The predicted molar refractivity (Wildman–Crippen MR) is 86.4 cm³/mol. The number of aromatic nitrogens is 2. The molecule has 0 radical (unpaired) electrons. The standard InChI is InChI=1S/C18H18F3N3O/c19-18(20,21)17-13-7-3-9-15(13)24(22-17)11-16(25)23-10-4-6-12-5-1-2-8-14(12)23/h1-2,5,8H,3-4,6-7,9-11H2. The normalized spacial score (nSPS) is 16.7. The van der Waals surface area contributed by atoms with Gasteiger partial charge in [-0.15, -0.1) is 0 Å². The molecule has 2 aromatic rings. The summed E-state index contributed by atoms with van der Waals surface area (Å²) in [6, 6.07) is 7.68. The zero-order valence-electron chi connectivity index (χ0n) is 13.6. The number of nitrogens with zero attached hydrogens (tertiary/aromatic N) is 3. The third kappa shape index (κ3) is 2.81. The van der Waals surface area contributed by atoms with Gasteiger partial charge in [0.05, 0.1) is 0 Å². The molecule has 132 valence electrons. The van der Waals surface area contributed by atoms with E-state index in [0.717, 1.165) is 24.1 Å². The molecule has 0 spiro atoms. The molecule has 25 heavy (non-hydrogen) atoms. The van der Waals surface area contributed by atoms with E-state index < -0.39 is 11.9 Å². The van der Waals surface area contributed by atoms with Crippen molar-refractivity contribution in [2.24, 2.45) is 0 Å². The van der Waals surface area contributed by atoms with Gasteiger partial charge in [0.15, 0.2) is 5.69 Å². The number of alkyl halides is 3. The van der Waals surface area contributed by atoms with Crippen LogP contribution >= 0.6 is 0 Å². The molecule has 7 heteroatoms. The molecule has 0 atom stereocenters. The minimum atomic E-state index is -4.47. The first kappa shape index (κ1) is 16.2. The average Bonchev–Trinajstić information content (AvgIpc) is 3.17. The van der Waals surface area contributed by atoms with Crippen molar-refractivity contribution < 1.29 is 18.0 Å². The molecule has 0 N–H and O–H groups in total. The number of aryl methyl sites for hydroxylation is 1. The smallest absolute Gasteiger partial charge is 0.311 e. The molecular formula is C18H18F3N3O. The fourth-order valence-corrected chi connectivity index (χ4v) is 3.87. The Balaban J connectivity index is 1.63. The van der Waals surface area contributed by atoms with E-state index in [-0.39, 0.29) is 18.0 Å². The number of halogens is 3. The maximum absolute atomic E-state index is 13.2. The Hall–Kier alpha value is -2.31. The zero-order chi connectivity index (χ0) is 17.6. The van der Waals surface area contributed by atoms with Crippen molar-refractivity contribution in [2.75, 3.05) is 11.4 Å². The highest BCUT2D eigenvalue weighted by atomic mass is 19.4. The van der Waals surface area contributed by atoms with Crippen LogP contribution in [0.1, 0.15) is 35.4 Å². The number of hydrogen-bond donors (Lipinski definition) is 0. The average molecular weight is 349 g/mol. The van der Waals surface area contributed by atoms with Crippen LogP contribution in [0.15, 0.2) is 24.3 Å². The Morgan fingerprint density at radius 2 is 1.92 bits per heavy atom. The van der Waals surface area contributed by atoms with Gasteiger partial charge in [-0.1, -0.05) is 18.2 Å². The lowest BCUT2D eigenvalue weighted by molar-refractivity contribution is -0.142. The number of hydrogen-bond acceptors (Lipinski definition) is 2. The first-order valence-electron chi connectivity index (χ1n) is 8.49. The lowest BCUT2D eigenvalue weighted by Gasteiger charge is -2.29. The van der Waals surface area contributed by atoms with E-state index >= 15 is 0 Å². The lowest BCUT2D eigenvalue weighted by Crippen LogP contribution is -2.38. The van der Waals surface area contributed by atoms with Crippen LogP contribution in [0.3, 0.4) is 0 Å². The molecule has 1 aromatic heterocycles. The molecule has 2 aliphatic rings.